The van der Waals surface area contributed by atoms with E-state index >= 15 is 0 Å². The molecule has 33 heavy (non-hydrogen) atoms. The number of aromatic nitrogens is 3. The molecule has 0 radical (unpaired) electrons. The lowest BCUT2D eigenvalue weighted by atomic mass is 10.0. The predicted octanol–water partition coefficient (Wildman–Crippen LogP) is 4.60. The van der Waals surface area contributed by atoms with E-state index in [4.69, 9.17) is 19.6 Å². The summed E-state index contributed by atoms with van der Waals surface area (Å²) in [4.78, 5) is 17.4. The Morgan fingerprint density at radius 2 is 1.88 bits per heavy atom. The molecule has 0 fully saturated rings. The smallest absolute Gasteiger partial charge is 0.235 e. The molecule has 0 saturated carbocycles. The molecule has 0 aliphatic carbocycles. The van der Waals surface area contributed by atoms with Gasteiger partial charge in [0.05, 0.1) is 41.1 Å². The fourth-order valence-corrected chi connectivity index (χ4v) is 6.15. The molecule has 4 aromatic rings. The second-order valence-corrected chi connectivity index (χ2v) is 9.84. The summed E-state index contributed by atoms with van der Waals surface area (Å²) in [5.74, 6) is 1.31. The van der Waals surface area contributed by atoms with Crippen molar-refractivity contribution in [3.05, 3.63) is 52.7 Å². The molecule has 1 unspecified atom stereocenters. The number of amides is 1. The van der Waals surface area contributed by atoms with Crippen LogP contribution in [-0.4, -0.2) is 45.8 Å². The van der Waals surface area contributed by atoms with Crippen LogP contribution >= 0.6 is 23.1 Å². The number of methoxy groups -OCH3 is 2. The molecule has 1 aliphatic rings. The van der Waals surface area contributed by atoms with Crippen molar-refractivity contribution in [1.82, 2.24) is 14.8 Å². The predicted molar refractivity (Wildman–Crippen MR) is 130 cm³/mol. The lowest BCUT2D eigenvalue weighted by Crippen LogP contribution is -2.15. The summed E-state index contributed by atoms with van der Waals surface area (Å²) >= 11 is 3.01. The van der Waals surface area contributed by atoms with Gasteiger partial charge in [0.1, 0.15) is 5.82 Å². The number of thiazole rings is 1. The Hall–Kier alpha value is -3.24. The molecule has 1 amide bonds. The van der Waals surface area contributed by atoms with Crippen molar-refractivity contribution >= 4 is 45.0 Å². The van der Waals surface area contributed by atoms with Gasteiger partial charge in [-0.15, -0.1) is 11.8 Å². The van der Waals surface area contributed by atoms with Crippen molar-refractivity contribution < 1.29 is 19.4 Å². The highest BCUT2D eigenvalue weighted by molar-refractivity contribution is 8.00. The van der Waals surface area contributed by atoms with Crippen LogP contribution < -0.4 is 14.8 Å². The van der Waals surface area contributed by atoms with Gasteiger partial charge in [-0.05, 0) is 49.2 Å². The SMILES string of the molecule is COc1cc(C2SCC(=O)Nc3c2c(C)nn3-c2nc3ccc(C)cc3s2)cc(OC)c1O. The standard InChI is InChI=1S/C23H22N4O4S2/c1-11-5-6-14-17(7-11)33-23(24-14)27-22-19(12(2)26-27)21(32-10-18(28)25-22)13-8-15(30-3)20(29)16(9-13)31-4/h5-9,21,29H,10H2,1-4H3,(H,25,28). The molecule has 2 N–H and O–H groups in total. The Morgan fingerprint density at radius 3 is 2.58 bits per heavy atom. The number of hydrogen-bond acceptors (Lipinski definition) is 8. The zero-order valence-electron chi connectivity index (χ0n) is 18.5. The molecule has 2 aromatic heterocycles. The maximum atomic E-state index is 12.7. The third kappa shape index (κ3) is 3.68. The summed E-state index contributed by atoms with van der Waals surface area (Å²) in [5.41, 5.74) is 4.56. The molecular weight excluding hydrogens is 460 g/mol. The normalized spacial score (nSPS) is 15.8. The molecule has 0 bridgehead atoms. The minimum atomic E-state index is -0.229. The van der Waals surface area contributed by atoms with Crippen LogP contribution in [0.1, 0.15) is 27.6 Å². The van der Waals surface area contributed by atoms with Crippen LogP contribution in [0, 0.1) is 13.8 Å². The first kappa shape index (κ1) is 21.6. The van der Waals surface area contributed by atoms with Gasteiger partial charge in [0.25, 0.3) is 0 Å². The van der Waals surface area contributed by atoms with Gasteiger partial charge in [0, 0.05) is 5.56 Å². The quantitative estimate of drug-likeness (QED) is 0.439. The molecule has 8 nitrogen and oxygen atoms in total. The van der Waals surface area contributed by atoms with Crippen molar-refractivity contribution in [2.45, 2.75) is 19.1 Å². The van der Waals surface area contributed by atoms with Gasteiger partial charge in [-0.2, -0.15) is 9.78 Å². The van der Waals surface area contributed by atoms with E-state index in [-0.39, 0.29) is 22.7 Å². The van der Waals surface area contributed by atoms with Crippen LogP contribution in [0.3, 0.4) is 0 Å². The van der Waals surface area contributed by atoms with Crippen LogP contribution in [0.5, 0.6) is 17.2 Å². The number of carbonyl (C=O) groups is 1. The van der Waals surface area contributed by atoms with Crippen LogP contribution in [-0.2, 0) is 4.79 Å². The number of phenolic OH excluding ortho intramolecular Hbond substituents is 1. The Morgan fingerprint density at radius 1 is 1.15 bits per heavy atom. The number of phenols is 1. The summed E-state index contributed by atoms with van der Waals surface area (Å²) in [6, 6.07) is 9.66. The summed E-state index contributed by atoms with van der Waals surface area (Å²) in [7, 11) is 2.99. The number of carbonyl (C=O) groups excluding carboxylic acids is 1. The second kappa shape index (κ2) is 8.27. The van der Waals surface area contributed by atoms with Crippen molar-refractivity contribution in [3.63, 3.8) is 0 Å². The average Bonchev–Trinajstić information content (AvgIpc) is 3.29. The zero-order valence-corrected chi connectivity index (χ0v) is 20.1. The minimum Gasteiger partial charge on any atom is -0.502 e. The molecule has 0 saturated heterocycles. The number of thioether (sulfide) groups is 1. The third-order valence-corrected chi connectivity index (χ3v) is 7.79. The zero-order chi connectivity index (χ0) is 23.3. The number of anilines is 1. The molecule has 1 aliphatic heterocycles. The maximum absolute atomic E-state index is 12.7. The Balaban J connectivity index is 1.69. The monoisotopic (exact) mass is 482 g/mol. The van der Waals surface area contributed by atoms with Gasteiger partial charge < -0.3 is 19.9 Å². The van der Waals surface area contributed by atoms with Crippen LogP contribution in [0.15, 0.2) is 30.3 Å². The Bertz CT molecular complexity index is 1370. The van der Waals surface area contributed by atoms with Gasteiger partial charge in [-0.1, -0.05) is 17.4 Å². The first-order chi connectivity index (χ1) is 15.9. The first-order valence-corrected chi connectivity index (χ1v) is 12.1. The summed E-state index contributed by atoms with van der Waals surface area (Å²) in [6.45, 7) is 3.97. The van der Waals surface area contributed by atoms with E-state index in [1.807, 2.05) is 26.0 Å². The number of aromatic hydroxyl groups is 1. The summed E-state index contributed by atoms with van der Waals surface area (Å²) < 4.78 is 13.5. The molecular formula is C23H22N4O4S2. The van der Waals surface area contributed by atoms with E-state index in [1.54, 1.807) is 16.8 Å². The van der Waals surface area contributed by atoms with Gasteiger partial charge >= 0.3 is 0 Å². The Kier molecular flexibility index (Phi) is 5.41. The van der Waals surface area contributed by atoms with E-state index < -0.39 is 0 Å². The third-order valence-electron chi connectivity index (χ3n) is 5.53. The van der Waals surface area contributed by atoms with Gasteiger partial charge in [0.2, 0.25) is 16.8 Å². The largest absolute Gasteiger partial charge is 0.502 e. The van der Waals surface area contributed by atoms with E-state index in [2.05, 4.69) is 11.4 Å². The highest BCUT2D eigenvalue weighted by Crippen LogP contribution is 2.48. The van der Waals surface area contributed by atoms with Crippen LogP contribution in [0.2, 0.25) is 0 Å². The molecule has 0 spiro atoms. The first-order valence-electron chi connectivity index (χ1n) is 10.2. The number of fused-ring (bicyclic) bond motifs is 2. The van der Waals surface area contributed by atoms with Crippen molar-refractivity contribution in [2.24, 2.45) is 0 Å². The number of nitrogens with one attached hydrogen (secondary N) is 1. The van der Waals surface area contributed by atoms with Crippen molar-refractivity contribution in [1.29, 1.82) is 0 Å². The molecule has 10 heteroatoms. The number of aryl methyl sites for hydroxylation is 2. The van der Waals surface area contributed by atoms with E-state index in [9.17, 15) is 9.90 Å². The van der Waals surface area contributed by atoms with Crippen molar-refractivity contribution in [2.75, 3.05) is 25.3 Å². The van der Waals surface area contributed by atoms with Gasteiger partial charge in [-0.25, -0.2) is 4.98 Å². The number of rotatable bonds is 4. The van der Waals surface area contributed by atoms with Gasteiger partial charge in [0.15, 0.2) is 11.5 Å². The Labute approximate surface area is 198 Å². The second-order valence-electron chi connectivity index (χ2n) is 7.74. The topological polar surface area (TPSA) is 98.5 Å². The van der Waals surface area contributed by atoms with E-state index in [1.165, 1.54) is 37.3 Å². The molecule has 2 aromatic carbocycles. The fourth-order valence-electron chi connectivity index (χ4n) is 3.96. The number of nitrogens with zero attached hydrogens (tertiary/aromatic N) is 3. The summed E-state index contributed by atoms with van der Waals surface area (Å²) in [6.07, 6.45) is 0. The highest BCUT2D eigenvalue weighted by atomic mass is 32.2. The van der Waals surface area contributed by atoms with Crippen molar-refractivity contribution in [3.8, 4) is 22.4 Å². The van der Waals surface area contributed by atoms with E-state index in [0.29, 0.717) is 22.4 Å². The number of ether oxygens (including phenoxy) is 2. The van der Waals surface area contributed by atoms with Crippen LogP contribution in [0.25, 0.3) is 15.3 Å². The minimum absolute atomic E-state index is 0.0611. The maximum Gasteiger partial charge on any atom is 0.235 e. The molecule has 1 atom stereocenters. The lowest BCUT2D eigenvalue weighted by Gasteiger charge is -2.18. The molecule has 5 rings (SSSR count). The molecule has 3 heterocycles. The highest BCUT2D eigenvalue weighted by Gasteiger charge is 2.32. The average molecular weight is 483 g/mol. The fraction of sp³-hybridized carbons (Fsp3) is 0.261. The molecule has 170 valence electrons. The van der Waals surface area contributed by atoms with E-state index in [0.717, 1.165) is 32.6 Å². The number of benzene rings is 2. The van der Waals surface area contributed by atoms with Crippen LogP contribution in [0.4, 0.5) is 5.82 Å². The lowest BCUT2D eigenvalue weighted by molar-refractivity contribution is -0.113. The summed E-state index contributed by atoms with van der Waals surface area (Å²) in [5, 5.41) is 18.6. The number of hydrogen-bond donors (Lipinski definition) is 2. The van der Waals surface area contributed by atoms with Gasteiger partial charge in [-0.3, -0.25) is 4.79 Å².